The predicted octanol–water partition coefficient (Wildman–Crippen LogP) is 15.8. The molecule has 0 aromatic rings. The molecule has 0 fully saturated rings. The molecule has 3 atom stereocenters. The predicted molar refractivity (Wildman–Crippen MR) is 264 cm³/mol. The Bertz CT molecular complexity index is 1050. The topological polar surface area (TPSA) is 95.9 Å². The van der Waals surface area contributed by atoms with E-state index in [1.54, 1.807) is 0 Å². The molecule has 0 radical (unpaired) electrons. The van der Waals surface area contributed by atoms with Crippen LogP contribution in [0, 0.1) is 0 Å². The number of nitrogens with one attached hydrogen (secondary N) is 1. The Morgan fingerprint density at radius 1 is 0.492 bits per heavy atom. The van der Waals surface area contributed by atoms with Crippen molar-refractivity contribution in [1.29, 1.82) is 0 Å². The van der Waals surface area contributed by atoms with E-state index in [0.29, 0.717) is 19.3 Å². The fourth-order valence-corrected chi connectivity index (χ4v) is 7.90. The zero-order chi connectivity index (χ0) is 44.5. The van der Waals surface area contributed by atoms with Crippen molar-refractivity contribution < 1.29 is 24.5 Å². The van der Waals surface area contributed by atoms with Crippen LogP contribution in [-0.4, -0.2) is 46.9 Å². The largest absolute Gasteiger partial charge is 0.462 e. The highest BCUT2D eigenvalue weighted by Crippen LogP contribution is 2.18. The highest BCUT2D eigenvalue weighted by atomic mass is 16.5. The van der Waals surface area contributed by atoms with E-state index >= 15 is 0 Å². The van der Waals surface area contributed by atoms with Crippen LogP contribution in [0.1, 0.15) is 265 Å². The molecule has 356 valence electrons. The van der Waals surface area contributed by atoms with Crippen LogP contribution >= 0.6 is 0 Å². The highest BCUT2D eigenvalue weighted by molar-refractivity contribution is 5.77. The van der Waals surface area contributed by atoms with Gasteiger partial charge in [-0.1, -0.05) is 223 Å². The molecule has 0 aliphatic carbocycles. The van der Waals surface area contributed by atoms with E-state index in [1.807, 2.05) is 0 Å². The van der Waals surface area contributed by atoms with Crippen molar-refractivity contribution in [2.45, 2.75) is 283 Å². The number of unbranched alkanes of at least 4 members (excludes halogenated alkanes) is 27. The minimum absolute atomic E-state index is 0.0615. The Morgan fingerprint density at radius 2 is 0.902 bits per heavy atom. The van der Waals surface area contributed by atoms with Gasteiger partial charge < -0.3 is 20.3 Å². The summed E-state index contributed by atoms with van der Waals surface area (Å²) in [5, 5.41) is 23.8. The second-order valence-corrected chi connectivity index (χ2v) is 17.9. The number of carbonyl (C=O) groups excluding carboxylic acids is 2. The third-order valence-electron chi connectivity index (χ3n) is 11.9. The quantitative estimate of drug-likeness (QED) is 0.0322. The lowest BCUT2D eigenvalue weighted by molar-refractivity contribution is -0.151. The molecule has 6 heteroatoms. The molecule has 0 aliphatic rings. The van der Waals surface area contributed by atoms with Crippen LogP contribution in [0.5, 0.6) is 0 Å². The van der Waals surface area contributed by atoms with Gasteiger partial charge in [0.2, 0.25) is 5.91 Å². The molecule has 0 heterocycles. The number of esters is 1. The molecule has 0 rings (SSSR count). The van der Waals surface area contributed by atoms with Crippen LogP contribution in [0.3, 0.4) is 0 Å². The van der Waals surface area contributed by atoms with Gasteiger partial charge in [-0.2, -0.15) is 0 Å². The molecule has 3 unspecified atom stereocenters. The highest BCUT2D eigenvalue weighted by Gasteiger charge is 2.24. The number of aliphatic hydroxyl groups is 2. The number of hydrogen-bond acceptors (Lipinski definition) is 5. The Morgan fingerprint density at radius 3 is 1.43 bits per heavy atom. The SMILES string of the molecule is CC/C=C/C/C=C/C/C=C/CCCCCCCCC(=O)OC(CCCCC/C=C\CCCC)CC(=O)NC(CO)C(O)CCCCCCCCCCCCCCCCCCC. The Kier molecular flexibility index (Phi) is 47.1. The molecule has 0 spiro atoms. The van der Waals surface area contributed by atoms with Gasteiger partial charge >= 0.3 is 5.97 Å². The maximum absolute atomic E-state index is 13.2. The van der Waals surface area contributed by atoms with Crippen molar-refractivity contribution in [2.75, 3.05) is 6.61 Å². The first-order valence-electron chi connectivity index (χ1n) is 26.4. The summed E-state index contributed by atoms with van der Waals surface area (Å²) in [4.78, 5) is 26.1. The van der Waals surface area contributed by atoms with Gasteiger partial charge in [-0.15, -0.1) is 0 Å². The Balaban J connectivity index is 4.43. The standard InChI is InChI=1S/C55H101NO5/c1-4-7-10-13-16-19-21-23-25-27-28-30-32-35-38-41-44-47-53(58)52(50-57)56-54(59)49-51(46-43-40-37-34-18-15-12-9-6-3)61-55(60)48-45-42-39-36-33-31-29-26-24-22-20-17-14-11-8-5-2/h8,11,15,17-18,20,24,26,51-53,57-58H,4-7,9-10,12-14,16,19,21-23,25,27-50H2,1-3H3,(H,56,59)/b11-8+,18-15-,20-17+,26-24+. The maximum Gasteiger partial charge on any atom is 0.306 e. The summed E-state index contributed by atoms with van der Waals surface area (Å²) >= 11 is 0. The molecule has 6 nitrogen and oxygen atoms in total. The molecular weight excluding hydrogens is 755 g/mol. The first-order chi connectivity index (χ1) is 30.0. The molecule has 0 saturated carbocycles. The summed E-state index contributed by atoms with van der Waals surface area (Å²) in [7, 11) is 0. The first kappa shape index (κ1) is 58.8. The zero-order valence-electron chi connectivity index (χ0n) is 40.5. The summed E-state index contributed by atoms with van der Waals surface area (Å²) < 4.78 is 5.91. The summed E-state index contributed by atoms with van der Waals surface area (Å²) in [5.74, 6) is -0.502. The monoisotopic (exact) mass is 856 g/mol. The van der Waals surface area contributed by atoms with Crippen LogP contribution < -0.4 is 5.32 Å². The minimum Gasteiger partial charge on any atom is -0.462 e. The number of hydrogen-bond donors (Lipinski definition) is 3. The van der Waals surface area contributed by atoms with Gasteiger partial charge in [0, 0.05) is 6.42 Å². The molecular formula is C55H101NO5. The van der Waals surface area contributed by atoms with Crippen molar-refractivity contribution >= 4 is 11.9 Å². The van der Waals surface area contributed by atoms with Gasteiger partial charge in [-0.05, 0) is 77.0 Å². The van der Waals surface area contributed by atoms with Crippen LogP contribution in [0.2, 0.25) is 0 Å². The first-order valence-corrected chi connectivity index (χ1v) is 26.4. The second kappa shape index (κ2) is 48.8. The Labute approximate surface area is 378 Å². The van der Waals surface area contributed by atoms with Gasteiger partial charge in [-0.3, -0.25) is 9.59 Å². The van der Waals surface area contributed by atoms with Crippen LogP contribution in [-0.2, 0) is 14.3 Å². The number of rotatable bonds is 47. The van der Waals surface area contributed by atoms with Gasteiger partial charge in [0.1, 0.15) is 6.10 Å². The second-order valence-electron chi connectivity index (χ2n) is 17.9. The fraction of sp³-hybridized carbons (Fsp3) is 0.818. The van der Waals surface area contributed by atoms with Crippen molar-refractivity contribution in [3.63, 3.8) is 0 Å². The van der Waals surface area contributed by atoms with Crippen LogP contribution in [0.15, 0.2) is 48.6 Å². The number of amides is 1. The number of allylic oxidation sites excluding steroid dienone is 8. The van der Waals surface area contributed by atoms with Gasteiger partial charge in [-0.25, -0.2) is 0 Å². The fourth-order valence-electron chi connectivity index (χ4n) is 7.90. The normalized spacial score (nSPS) is 13.6. The van der Waals surface area contributed by atoms with E-state index in [9.17, 15) is 19.8 Å². The van der Waals surface area contributed by atoms with E-state index in [-0.39, 0.29) is 24.9 Å². The third kappa shape index (κ3) is 44.2. The molecule has 3 N–H and O–H groups in total. The van der Waals surface area contributed by atoms with Gasteiger partial charge in [0.15, 0.2) is 0 Å². The Hall–Kier alpha value is -2.18. The summed E-state index contributed by atoms with van der Waals surface area (Å²) in [6, 6.07) is -0.708. The van der Waals surface area contributed by atoms with E-state index in [2.05, 4.69) is 74.7 Å². The molecule has 0 aromatic heterocycles. The smallest absolute Gasteiger partial charge is 0.306 e. The maximum atomic E-state index is 13.2. The van der Waals surface area contributed by atoms with Crippen molar-refractivity contribution in [1.82, 2.24) is 5.32 Å². The molecule has 0 aromatic carbocycles. The van der Waals surface area contributed by atoms with Crippen molar-refractivity contribution in [3.05, 3.63) is 48.6 Å². The summed E-state index contributed by atoms with van der Waals surface area (Å²) in [6.45, 7) is 6.34. The number of carbonyl (C=O) groups is 2. The average molecular weight is 856 g/mol. The third-order valence-corrected chi connectivity index (χ3v) is 11.9. The molecule has 1 amide bonds. The van der Waals surface area contributed by atoms with E-state index < -0.39 is 18.2 Å². The minimum atomic E-state index is -0.793. The number of aliphatic hydroxyl groups excluding tert-OH is 2. The van der Waals surface area contributed by atoms with Gasteiger partial charge in [0.25, 0.3) is 0 Å². The van der Waals surface area contributed by atoms with Crippen molar-refractivity contribution in [3.8, 4) is 0 Å². The molecule has 61 heavy (non-hydrogen) atoms. The molecule has 0 aliphatic heterocycles. The summed E-state index contributed by atoms with van der Waals surface area (Å²) in [5.41, 5.74) is 0. The average Bonchev–Trinajstić information content (AvgIpc) is 3.25. The lowest BCUT2D eigenvalue weighted by atomic mass is 10.0. The van der Waals surface area contributed by atoms with Crippen molar-refractivity contribution in [2.24, 2.45) is 0 Å². The van der Waals surface area contributed by atoms with E-state index in [0.717, 1.165) is 96.3 Å². The number of ether oxygens (including phenoxy) is 1. The lowest BCUT2D eigenvalue weighted by Crippen LogP contribution is -2.46. The van der Waals surface area contributed by atoms with Crippen LogP contribution in [0.4, 0.5) is 0 Å². The van der Waals surface area contributed by atoms with E-state index in [4.69, 9.17) is 4.74 Å². The van der Waals surface area contributed by atoms with Crippen LogP contribution in [0.25, 0.3) is 0 Å². The summed E-state index contributed by atoms with van der Waals surface area (Å²) in [6.07, 6.45) is 58.9. The van der Waals surface area contributed by atoms with Gasteiger partial charge in [0.05, 0.1) is 25.2 Å². The molecule has 0 saturated heterocycles. The zero-order valence-corrected chi connectivity index (χ0v) is 40.5. The lowest BCUT2D eigenvalue weighted by Gasteiger charge is -2.24. The molecule has 0 bridgehead atoms. The van der Waals surface area contributed by atoms with E-state index in [1.165, 1.54) is 122 Å².